The van der Waals surface area contributed by atoms with E-state index in [2.05, 4.69) is 5.32 Å². The third-order valence-corrected chi connectivity index (χ3v) is 8.80. The van der Waals surface area contributed by atoms with Crippen molar-refractivity contribution < 1.29 is 28.2 Å². The highest BCUT2D eigenvalue weighted by Crippen LogP contribution is 2.46. The van der Waals surface area contributed by atoms with Gasteiger partial charge in [-0.25, -0.2) is 4.79 Å². The Bertz CT molecular complexity index is 1690. The number of ether oxygens (including phenoxy) is 3. The number of Topliss-reactive ketones (excluding diaryl/α,β-unsaturated/α-hetero) is 1. The van der Waals surface area contributed by atoms with E-state index < -0.39 is 11.9 Å². The van der Waals surface area contributed by atoms with Gasteiger partial charge in [0.25, 0.3) is 0 Å². The van der Waals surface area contributed by atoms with Crippen LogP contribution in [0.25, 0.3) is 11.0 Å². The summed E-state index contributed by atoms with van der Waals surface area (Å²) < 4.78 is 22.8. The van der Waals surface area contributed by atoms with Crippen molar-refractivity contribution in [1.82, 2.24) is 5.32 Å². The van der Waals surface area contributed by atoms with Gasteiger partial charge in [-0.05, 0) is 68.7 Å². The second-order valence-electron chi connectivity index (χ2n) is 10.7. The zero-order valence-electron chi connectivity index (χ0n) is 25.2. The molecule has 2 aromatic carbocycles. The van der Waals surface area contributed by atoms with Crippen molar-refractivity contribution in [3.63, 3.8) is 0 Å². The summed E-state index contributed by atoms with van der Waals surface area (Å²) in [6.45, 7) is 8.38. The highest BCUT2D eigenvalue weighted by atomic mass is 32.2. The number of ketones is 1. The van der Waals surface area contributed by atoms with Gasteiger partial charge in [0, 0.05) is 34.7 Å². The number of fused-ring (bicyclic) bond motifs is 1. The average molecular weight is 604 g/mol. The summed E-state index contributed by atoms with van der Waals surface area (Å²) in [5.41, 5.74) is 4.19. The predicted molar refractivity (Wildman–Crippen MR) is 168 cm³/mol. The van der Waals surface area contributed by atoms with E-state index in [0.717, 1.165) is 16.9 Å². The van der Waals surface area contributed by atoms with Crippen LogP contribution in [-0.2, 0) is 14.3 Å². The molecule has 3 aromatic rings. The van der Waals surface area contributed by atoms with E-state index in [9.17, 15) is 14.4 Å². The molecule has 226 valence electrons. The molecule has 9 heteroatoms. The molecule has 1 N–H and O–H groups in total. The Kier molecular flexibility index (Phi) is 9.30. The van der Waals surface area contributed by atoms with Gasteiger partial charge in [-0.3, -0.25) is 9.59 Å². The Morgan fingerprint density at radius 1 is 1.07 bits per heavy atom. The number of nitrogens with one attached hydrogen (secondary N) is 1. The fraction of sp³-hybridized carbons (Fsp3) is 0.382. The smallest absolute Gasteiger partial charge is 0.336 e. The van der Waals surface area contributed by atoms with E-state index in [1.807, 2.05) is 45.0 Å². The van der Waals surface area contributed by atoms with E-state index in [0.29, 0.717) is 58.2 Å². The monoisotopic (exact) mass is 603 g/mol. The quantitative estimate of drug-likeness (QED) is 0.215. The first-order valence-electron chi connectivity index (χ1n) is 14.6. The molecule has 1 aliphatic heterocycles. The fourth-order valence-electron chi connectivity index (χ4n) is 5.94. The van der Waals surface area contributed by atoms with Gasteiger partial charge in [-0.1, -0.05) is 24.6 Å². The molecular formula is C34H37NO7S. The number of rotatable bonds is 10. The maximum atomic E-state index is 14.1. The third-order valence-electron chi connectivity index (χ3n) is 7.94. The van der Waals surface area contributed by atoms with Gasteiger partial charge < -0.3 is 23.9 Å². The first-order valence-corrected chi connectivity index (χ1v) is 15.7. The molecule has 5 rings (SSSR count). The molecule has 2 atom stereocenters. The lowest BCUT2D eigenvalue weighted by Gasteiger charge is -2.36. The topological polar surface area (TPSA) is 104 Å². The maximum Gasteiger partial charge on any atom is 0.336 e. The van der Waals surface area contributed by atoms with Crippen LogP contribution in [-0.4, -0.2) is 43.6 Å². The van der Waals surface area contributed by atoms with Gasteiger partial charge in [0.1, 0.15) is 12.2 Å². The van der Waals surface area contributed by atoms with Gasteiger partial charge in [-0.15, -0.1) is 0 Å². The first-order chi connectivity index (χ1) is 20.8. The fourth-order valence-corrected chi connectivity index (χ4v) is 6.43. The summed E-state index contributed by atoms with van der Waals surface area (Å²) in [6, 6.07) is 11.1. The number of carbonyl (C=O) groups is 2. The average Bonchev–Trinajstić information content (AvgIpc) is 2.99. The molecule has 0 fully saturated rings. The first kappa shape index (κ1) is 30.5. The van der Waals surface area contributed by atoms with Crippen molar-refractivity contribution in [3.8, 4) is 11.5 Å². The van der Waals surface area contributed by atoms with Crippen LogP contribution in [0.3, 0.4) is 0 Å². The predicted octanol–water partition coefficient (Wildman–Crippen LogP) is 6.17. The Hall–Kier alpha value is -3.98. The minimum absolute atomic E-state index is 0.132. The largest absolute Gasteiger partial charge is 0.493 e. The van der Waals surface area contributed by atoms with Crippen molar-refractivity contribution in [3.05, 3.63) is 92.1 Å². The Balaban J connectivity index is 1.59. The van der Waals surface area contributed by atoms with Gasteiger partial charge in [0.15, 0.2) is 22.7 Å². The molecule has 1 aliphatic carbocycles. The van der Waals surface area contributed by atoms with E-state index in [1.54, 1.807) is 37.9 Å². The normalized spacial score (nSPS) is 18.4. The van der Waals surface area contributed by atoms with E-state index in [4.69, 9.17) is 18.6 Å². The number of hydrogen-bond acceptors (Lipinski definition) is 9. The molecule has 2 heterocycles. The molecule has 0 bridgehead atoms. The van der Waals surface area contributed by atoms with Crippen LogP contribution in [0.2, 0.25) is 0 Å². The Morgan fingerprint density at radius 2 is 1.88 bits per heavy atom. The number of dihydropyridines is 1. The lowest BCUT2D eigenvalue weighted by atomic mass is 9.72. The minimum Gasteiger partial charge on any atom is -0.493 e. The van der Waals surface area contributed by atoms with Gasteiger partial charge in [0.2, 0.25) is 0 Å². The Labute approximate surface area is 255 Å². The number of thioether (sulfide) groups is 1. The molecule has 1 aromatic heterocycles. The summed E-state index contributed by atoms with van der Waals surface area (Å²) in [6.07, 6.45) is 2.12. The Morgan fingerprint density at radius 3 is 2.63 bits per heavy atom. The number of benzene rings is 2. The van der Waals surface area contributed by atoms with Crippen molar-refractivity contribution in [2.45, 2.75) is 52.4 Å². The third kappa shape index (κ3) is 6.09. The standard InChI is InChI=1S/C34H37NO7S/c1-6-40-28-11-9-21(17-29(28)39-5)22-15-25-32(26(36)16-22)31(30(20(4)35-25)34(38)41-12-13-43-7-2)24-18-42-27-10-8-19(3)14-23(27)33(24)37/h8-11,14,17-18,22,31,35H,6-7,12-13,15-16H2,1-5H3/t22-,31+/m1/s1. The van der Waals surface area contributed by atoms with Crippen molar-refractivity contribution in [2.75, 3.05) is 31.8 Å². The number of esters is 1. The number of methoxy groups -OCH3 is 1. The summed E-state index contributed by atoms with van der Waals surface area (Å²) in [7, 11) is 1.59. The van der Waals surface area contributed by atoms with Crippen molar-refractivity contribution in [2.24, 2.45) is 0 Å². The lowest BCUT2D eigenvalue weighted by molar-refractivity contribution is -0.138. The molecular weight excluding hydrogens is 566 g/mol. The summed E-state index contributed by atoms with van der Waals surface area (Å²) in [4.78, 5) is 41.6. The second kappa shape index (κ2) is 13.1. The minimum atomic E-state index is -0.910. The van der Waals surface area contributed by atoms with Crippen molar-refractivity contribution >= 4 is 34.5 Å². The van der Waals surface area contributed by atoms with Gasteiger partial charge in [-0.2, -0.15) is 11.8 Å². The number of carbonyl (C=O) groups excluding carboxylic acids is 2. The van der Waals surface area contributed by atoms with E-state index in [-0.39, 0.29) is 41.3 Å². The van der Waals surface area contributed by atoms with E-state index in [1.165, 1.54) is 6.26 Å². The van der Waals surface area contributed by atoms with Gasteiger partial charge in [0.05, 0.1) is 36.9 Å². The summed E-state index contributed by atoms with van der Waals surface area (Å²) in [5, 5.41) is 3.76. The van der Waals surface area contributed by atoms with Gasteiger partial charge >= 0.3 is 5.97 Å². The van der Waals surface area contributed by atoms with Crippen LogP contribution in [0.1, 0.15) is 62.1 Å². The lowest BCUT2D eigenvalue weighted by Crippen LogP contribution is -2.37. The van der Waals surface area contributed by atoms with Crippen LogP contribution in [0.4, 0.5) is 0 Å². The van der Waals surface area contributed by atoms with Crippen molar-refractivity contribution in [1.29, 1.82) is 0 Å². The number of allylic oxidation sites excluding steroid dienone is 3. The molecule has 0 unspecified atom stereocenters. The summed E-state index contributed by atoms with van der Waals surface area (Å²) in [5.74, 6) is 1.08. The number of hydrogen-bond donors (Lipinski definition) is 1. The van der Waals surface area contributed by atoms with Crippen LogP contribution >= 0.6 is 11.8 Å². The van der Waals surface area contributed by atoms with Crippen LogP contribution in [0.15, 0.2) is 74.4 Å². The second-order valence-corrected chi connectivity index (χ2v) is 12.1. The molecule has 0 amide bonds. The zero-order valence-corrected chi connectivity index (χ0v) is 26.0. The molecule has 0 saturated heterocycles. The van der Waals surface area contributed by atoms with Crippen LogP contribution in [0.5, 0.6) is 11.5 Å². The SMILES string of the molecule is CCOc1ccc([C@H]2CC(=O)C3=C(C2)NC(C)=C(C(=O)OCCSCC)[C@@H]3c2coc3ccc(C)cc3c2=O)cc1OC. The van der Waals surface area contributed by atoms with Crippen LogP contribution < -0.4 is 20.2 Å². The zero-order chi connectivity index (χ0) is 30.7. The molecule has 2 aliphatic rings. The summed E-state index contributed by atoms with van der Waals surface area (Å²) >= 11 is 1.67. The molecule has 8 nitrogen and oxygen atoms in total. The maximum absolute atomic E-state index is 14.1. The number of aryl methyl sites for hydroxylation is 1. The van der Waals surface area contributed by atoms with E-state index >= 15 is 0 Å². The molecule has 43 heavy (non-hydrogen) atoms. The molecule has 0 radical (unpaired) electrons. The molecule has 0 saturated carbocycles. The van der Waals surface area contributed by atoms with Crippen LogP contribution in [0, 0.1) is 6.92 Å². The highest BCUT2D eigenvalue weighted by Gasteiger charge is 2.43. The molecule has 0 spiro atoms. The highest BCUT2D eigenvalue weighted by molar-refractivity contribution is 7.99.